The fraction of sp³-hybridized carbons (Fsp3) is 0.929. The van der Waals surface area contributed by atoms with Crippen molar-refractivity contribution in [1.29, 1.82) is 0 Å². The molecule has 1 unspecified atom stereocenters. The zero-order chi connectivity index (χ0) is 15.3. The Morgan fingerprint density at radius 3 is 2.11 bits per heavy atom. The molecular weight excluding hydrogens is 256 g/mol. The topological polar surface area (TPSA) is 50.4 Å². The van der Waals surface area contributed by atoms with Gasteiger partial charge in [0.25, 0.3) is 0 Å². The van der Waals surface area contributed by atoms with E-state index < -0.39 is 13.7 Å². The van der Waals surface area contributed by atoms with E-state index in [1.54, 1.807) is 0 Å². The Labute approximate surface area is 119 Å². The van der Waals surface area contributed by atoms with Gasteiger partial charge in [0.2, 0.25) is 0 Å². The van der Waals surface area contributed by atoms with Gasteiger partial charge in [-0.25, -0.2) is 4.79 Å². The first kappa shape index (κ1) is 18.4. The van der Waals surface area contributed by atoms with Crippen LogP contribution >= 0.6 is 0 Å². The molecule has 0 spiro atoms. The van der Waals surface area contributed by atoms with E-state index in [-0.39, 0.29) is 11.8 Å². The highest BCUT2D eigenvalue weighted by Gasteiger charge is 2.29. The van der Waals surface area contributed by atoms with Crippen molar-refractivity contribution in [2.45, 2.75) is 78.0 Å². The maximum absolute atomic E-state index is 11.9. The Hall–Kier alpha value is -0.553. The van der Waals surface area contributed by atoms with E-state index in [0.29, 0.717) is 6.04 Å². The first-order valence-corrected chi connectivity index (χ1v) is 10.7. The number of carbonyl (C=O) groups is 1. The average molecular weight is 289 g/mol. The van der Waals surface area contributed by atoms with Crippen LogP contribution < -0.4 is 10.6 Å². The van der Waals surface area contributed by atoms with Crippen molar-refractivity contribution in [2.75, 3.05) is 6.54 Å². The van der Waals surface area contributed by atoms with Gasteiger partial charge in [-0.05, 0) is 33.7 Å². The summed E-state index contributed by atoms with van der Waals surface area (Å²) in [7, 11) is -1.45. The third-order valence-corrected chi connectivity index (χ3v) is 5.25. The SMILES string of the molecule is CC(C)NCCC(NC(=O)OC(C)(C)C)[Si](C)(C)C. The number of ether oxygens (including phenoxy) is 1. The zero-order valence-electron chi connectivity index (χ0n) is 13.9. The monoisotopic (exact) mass is 288 g/mol. The van der Waals surface area contributed by atoms with E-state index in [1.807, 2.05) is 20.8 Å². The van der Waals surface area contributed by atoms with Gasteiger partial charge in [-0.2, -0.15) is 0 Å². The van der Waals surface area contributed by atoms with E-state index >= 15 is 0 Å². The molecule has 0 aromatic carbocycles. The Kier molecular flexibility index (Phi) is 7.08. The summed E-state index contributed by atoms with van der Waals surface area (Å²) in [5, 5.41) is 6.45. The van der Waals surface area contributed by atoms with Gasteiger partial charge in [0, 0.05) is 11.7 Å². The third-order valence-electron chi connectivity index (χ3n) is 2.72. The summed E-state index contributed by atoms with van der Waals surface area (Å²) in [6.07, 6.45) is 0.650. The van der Waals surface area contributed by atoms with Gasteiger partial charge in [0.1, 0.15) is 5.60 Å². The quantitative estimate of drug-likeness (QED) is 0.738. The van der Waals surface area contributed by atoms with Gasteiger partial charge in [0.05, 0.1) is 8.07 Å². The fourth-order valence-electron chi connectivity index (χ4n) is 1.69. The first-order chi connectivity index (χ1) is 8.42. The molecule has 5 heteroatoms. The second-order valence-electron chi connectivity index (χ2n) is 7.46. The molecular formula is C14H32N2O2Si. The molecule has 2 N–H and O–H groups in total. The molecule has 0 aromatic heterocycles. The molecule has 0 aliphatic carbocycles. The minimum absolute atomic E-state index is 0.230. The summed E-state index contributed by atoms with van der Waals surface area (Å²) in [6.45, 7) is 17.6. The summed E-state index contributed by atoms with van der Waals surface area (Å²) in [4.78, 5) is 11.9. The molecule has 0 radical (unpaired) electrons. The fourth-order valence-corrected chi connectivity index (χ4v) is 3.25. The first-order valence-electron chi connectivity index (χ1n) is 7.14. The molecule has 0 saturated heterocycles. The number of rotatable bonds is 6. The highest BCUT2D eigenvalue weighted by molar-refractivity contribution is 6.77. The average Bonchev–Trinajstić information content (AvgIpc) is 2.10. The van der Waals surface area contributed by atoms with Crippen molar-refractivity contribution < 1.29 is 9.53 Å². The van der Waals surface area contributed by atoms with Crippen LogP contribution in [0.4, 0.5) is 4.79 Å². The van der Waals surface area contributed by atoms with Crippen LogP contribution in [0.3, 0.4) is 0 Å². The third kappa shape index (κ3) is 9.96. The summed E-state index contributed by atoms with van der Waals surface area (Å²) in [6, 6.07) is 0.476. The van der Waals surface area contributed by atoms with Crippen LogP contribution in [0.15, 0.2) is 0 Å². The van der Waals surface area contributed by atoms with E-state index in [2.05, 4.69) is 44.1 Å². The Morgan fingerprint density at radius 2 is 1.74 bits per heavy atom. The number of alkyl carbamates (subject to hydrolysis) is 1. The van der Waals surface area contributed by atoms with Crippen LogP contribution in [0.1, 0.15) is 41.0 Å². The Morgan fingerprint density at radius 1 is 1.21 bits per heavy atom. The number of amides is 1. The van der Waals surface area contributed by atoms with Crippen molar-refractivity contribution in [3.05, 3.63) is 0 Å². The lowest BCUT2D eigenvalue weighted by atomic mass is 10.2. The lowest BCUT2D eigenvalue weighted by Crippen LogP contribution is -2.53. The highest BCUT2D eigenvalue weighted by atomic mass is 28.3. The molecule has 0 aliphatic heterocycles. The summed E-state index contributed by atoms with van der Waals surface area (Å²) in [5.41, 5.74) is -0.210. The van der Waals surface area contributed by atoms with Crippen LogP contribution in [0, 0.1) is 0 Å². The van der Waals surface area contributed by atoms with Crippen molar-refractivity contribution in [3.8, 4) is 0 Å². The molecule has 1 atom stereocenters. The molecule has 0 saturated carbocycles. The molecule has 0 rings (SSSR count). The molecule has 114 valence electrons. The normalized spacial score (nSPS) is 14.4. The highest BCUT2D eigenvalue weighted by Crippen LogP contribution is 2.13. The zero-order valence-corrected chi connectivity index (χ0v) is 14.9. The molecule has 0 aromatic rings. The van der Waals surface area contributed by atoms with Gasteiger partial charge < -0.3 is 15.4 Å². The smallest absolute Gasteiger partial charge is 0.407 e. The molecule has 0 fully saturated rings. The van der Waals surface area contributed by atoms with E-state index in [4.69, 9.17) is 4.74 Å². The maximum Gasteiger partial charge on any atom is 0.407 e. The Balaban J connectivity index is 4.41. The number of hydrogen-bond donors (Lipinski definition) is 2. The maximum atomic E-state index is 11.9. The Bertz CT molecular complexity index is 280. The van der Waals surface area contributed by atoms with Crippen LogP contribution in [0.2, 0.25) is 19.6 Å². The van der Waals surface area contributed by atoms with Crippen LogP contribution in [-0.4, -0.2) is 38.0 Å². The largest absolute Gasteiger partial charge is 0.444 e. The molecule has 0 bridgehead atoms. The van der Waals surface area contributed by atoms with Gasteiger partial charge in [-0.3, -0.25) is 0 Å². The lowest BCUT2D eigenvalue weighted by molar-refractivity contribution is 0.0517. The van der Waals surface area contributed by atoms with Gasteiger partial charge >= 0.3 is 6.09 Å². The number of carbonyl (C=O) groups excluding carboxylic acids is 1. The van der Waals surface area contributed by atoms with Gasteiger partial charge in [-0.1, -0.05) is 33.5 Å². The van der Waals surface area contributed by atoms with Crippen LogP contribution in [0.5, 0.6) is 0 Å². The molecule has 1 amide bonds. The minimum Gasteiger partial charge on any atom is -0.444 e. The summed E-state index contributed by atoms with van der Waals surface area (Å²) < 4.78 is 5.34. The van der Waals surface area contributed by atoms with Crippen molar-refractivity contribution in [1.82, 2.24) is 10.6 Å². The van der Waals surface area contributed by atoms with Crippen molar-refractivity contribution in [2.24, 2.45) is 0 Å². The van der Waals surface area contributed by atoms with Crippen LogP contribution in [-0.2, 0) is 4.74 Å². The molecule has 0 heterocycles. The standard InChI is InChI=1S/C14H32N2O2Si/c1-11(2)15-10-9-12(19(6,7)8)16-13(17)18-14(3,4)5/h11-12,15H,9-10H2,1-8H3,(H,16,17). The number of nitrogens with one attached hydrogen (secondary N) is 2. The van der Waals surface area contributed by atoms with Gasteiger partial charge in [-0.15, -0.1) is 0 Å². The number of hydrogen-bond acceptors (Lipinski definition) is 3. The van der Waals surface area contributed by atoms with E-state index in [0.717, 1.165) is 13.0 Å². The predicted octanol–water partition coefficient (Wildman–Crippen LogP) is 3.15. The molecule has 0 aliphatic rings. The second-order valence-corrected chi connectivity index (χ2v) is 12.9. The molecule has 19 heavy (non-hydrogen) atoms. The van der Waals surface area contributed by atoms with E-state index in [1.165, 1.54) is 0 Å². The summed E-state index contributed by atoms with van der Waals surface area (Å²) in [5.74, 6) is 0. The predicted molar refractivity (Wildman–Crippen MR) is 84.3 cm³/mol. The van der Waals surface area contributed by atoms with Gasteiger partial charge in [0.15, 0.2) is 0 Å². The van der Waals surface area contributed by atoms with Crippen LogP contribution in [0.25, 0.3) is 0 Å². The van der Waals surface area contributed by atoms with Crippen molar-refractivity contribution >= 4 is 14.2 Å². The lowest BCUT2D eigenvalue weighted by Gasteiger charge is -2.31. The molecule has 4 nitrogen and oxygen atoms in total. The minimum atomic E-state index is -1.45. The van der Waals surface area contributed by atoms with Crippen molar-refractivity contribution in [3.63, 3.8) is 0 Å². The second kappa shape index (κ2) is 7.29. The van der Waals surface area contributed by atoms with E-state index in [9.17, 15) is 4.79 Å². The summed E-state index contributed by atoms with van der Waals surface area (Å²) >= 11 is 0.